The standard InChI is InChI=1S/C22H27ClFNO/c1-15(12-17-6-8-18(23)9-7-17)22(16(2)14-25(3)4)20-13-19(24)10-11-21(20)26-5/h6-13,16,22H,14H2,1-5H3. The number of benzene rings is 2. The molecule has 2 atom stereocenters. The molecule has 0 N–H and O–H groups in total. The average Bonchev–Trinajstić information content (AvgIpc) is 2.56. The van der Waals surface area contributed by atoms with E-state index in [1.54, 1.807) is 19.2 Å². The monoisotopic (exact) mass is 375 g/mol. The van der Waals surface area contributed by atoms with E-state index in [1.807, 2.05) is 24.3 Å². The zero-order valence-corrected chi connectivity index (χ0v) is 16.8. The Labute approximate surface area is 161 Å². The van der Waals surface area contributed by atoms with Crippen molar-refractivity contribution in [1.82, 2.24) is 4.90 Å². The Balaban J connectivity index is 2.50. The van der Waals surface area contributed by atoms with Crippen molar-refractivity contribution in [2.45, 2.75) is 19.8 Å². The summed E-state index contributed by atoms with van der Waals surface area (Å²) in [5.74, 6) is 0.788. The Bertz CT molecular complexity index is 755. The molecule has 2 rings (SSSR count). The summed E-state index contributed by atoms with van der Waals surface area (Å²) in [6, 6.07) is 12.5. The quantitative estimate of drug-likeness (QED) is 0.599. The van der Waals surface area contributed by atoms with E-state index in [0.717, 1.165) is 23.2 Å². The zero-order valence-electron chi connectivity index (χ0n) is 16.1. The third-order valence-corrected chi connectivity index (χ3v) is 4.76. The molecule has 0 aliphatic heterocycles. The molecule has 0 aliphatic carbocycles. The van der Waals surface area contributed by atoms with Crippen LogP contribution in [0.3, 0.4) is 0 Å². The fraction of sp³-hybridized carbons (Fsp3) is 0.364. The highest BCUT2D eigenvalue weighted by atomic mass is 35.5. The molecule has 0 saturated heterocycles. The van der Waals surface area contributed by atoms with Gasteiger partial charge in [0, 0.05) is 23.0 Å². The van der Waals surface area contributed by atoms with Gasteiger partial charge < -0.3 is 9.64 Å². The summed E-state index contributed by atoms with van der Waals surface area (Å²) in [6.45, 7) is 5.17. The molecule has 0 amide bonds. The number of rotatable bonds is 7. The molecule has 2 aromatic rings. The summed E-state index contributed by atoms with van der Waals surface area (Å²) in [6.07, 6.45) is 2.14. The van der Waals surface area contributed by atoms with Crippen LogP contribution >= 0.6 is 11.6 Å². The van der Waals surface area contributed by atoms with Crippen molar-refractivity contribution < 1.29 is 9.13 Å². The van der Waals surface area contributed by atoms with Crippen molar-refractivity contribution in [3.05, 3.63) is 70.0 Å². The molecule has 0 heterocycles. The summed E-state index contributed by atoms with van der Waals surface area (Å²) in [4.78, 5) is 2.15. The Kier molecular flexibility index (Phi) is 7.24. The van der Waals surface area contributed by atoms with Crippen LogP contribution in [0.15, 0.2) is 48.0 Å². The van der Waals surface area contributed by atoms with Crippen LogP contribution in [0.2, 0.25) is 5.02 Å². The lowest BCUT2D eigenvalue weighted by Gasteiger charge is -2.29. The van der Waals surface area contributed by atoms with Gasteiger partial charge in [-0.1, -0.05) is 42.3 Å². The van der Waals surface area contributed by atoms with E-state index in [1.165, 1.54) is 6.07 Å². The Morgan fingerprint density at radius 2 is 1.85 bits per heavy atom. The van der Waals surface area contributed by atoms with Gasteiger partial charge in [-0.25, -0.2) is 4.39 Å². The third-order valence-electron chi connectivity index (χ3n) is 4.50. The van der Waals surface area contributed by atoms with Crippen molar-refractivity contribution in [2.75, 3.05) is 27.7 Å². The molecule has 0 fully saturated rings. The molecule has 2 nitrogen and oxygen atoms in total. The van der Waals surface area contributed by atoms with Crippen molar-refractivity contribution >= 4 is 17.7 Å². The number of nitrogens with zero attached hydrogens (tertiary/aromatic N) is 1. The van der Waals surface area contributed by atoms with Crippen LogP contribution < -0.4 is 4.74 Å². The maximum Gasteiger partial charge on any atom is 0.123 e. The molecule has 26 heavy (non-hydrogen) atoms. The smallest absolute Gasteiger partial charge is 0.123 e. The first-order valence-electron chi connectivity index (χ1n) is 8.73. The second-order valence-corrected chi connectivity index (χ2v) is 7.48. The highest BCUT2D eigenvalue weighted by Crippen LogP contribution is 2.38. The Morgan fingerprint density at radius 3 is 2.42 bits per heavy atom. The summed E-state index contributed by atoms with van der Waals surface area (Å²) >= 11 is 5.99. The summed E-state index contributed by atoms with van der Waals surface area (Å²) in [5.41, 5.74) is 3.11. The molecule has 0 saturated carbocycles. The van der Waals surface area contributed by atoms with Gasteiger partial charge >= 0.3 is 0 Å². The molecule has 0 aromatic heterocycles. The van der Waals surface area contributed by atoms with Gasteiger partial charge in [-0.2, -0.15) is 0 Å². The minimum Gasteiger partial charge on any atom is -0.496 e. The lowest BCUT2D eigenvalue weighted by molar-refractivity contribution is 0.314. The van der Waals surface area contributed by atoms with E-state index in [9.17, 15) is 4.39 Å². The maximum atomic E-state index is 14.0. The van der Waals surface area contributed by atoms with E-state index in [4.69, 9.17) is 16.3 Å². The lowest BCUT2D eigenvalue weighted by Crippen LogP contribution is -2.25. The van der Waals surface area contributed by atoms with Gasteiger partial charge in [0.15, 0.2) is 0 Å². The van der Waals surface area contributed by atoms with Crippen LogP contribution in [0.1, 0.15) is 30.9 Å². The average molecular weight is 376 g/mol. The van der Waals surface area contributed by atoms with Crippen LogP contribution in [0.5, 0.6) is 5.75 Å². The lowest BCUT2D eigenvalue weighted by atomic mass is 9.80. The van der Waals surface area contributed by atoms with Crippen LogP contribution in [-0.2, 0) is 0 Å². The fourth-order valence-corrected chi connectivity index (χ4v) is 3.67. The van der Waals surface area contributed by atoms with Gasteiger partial charge in [-0.15, -0.1) is 0 Å². The molecule has 0 spiro atoms. The van der Waals surface area contributed by atoms with E-state index in [0.29, 0.717) is 10.8 Å². The van der Waals surface area contributed by atoms with E-state index < -0.39 is 0 Å². The maximum absolute atomic E-state index is 14.0. The van der Waals surface area contributed by atoms with Gasteiger partial charge in [-0.05, 0) is 62.8 Å². The number of hydrogen-bond donors (Lipinski definition) is 0. The largest absolute Gasteiger partial charge is 0.496 e. The number of methoxy groups -OCH3 is 1. The summed E-state index contributed by atoms with van der Waals surface area (Å²) in [5, 5.41) is 0.712. The van der Waals surface area contributed by atoms with Crippen molar-refractivity contribution in [3.63, 3.8) is 0 Å². The number of hydrogen-bond acceptors (Lipinski definition) is 2. The van der Waals surface area contributed by atoms with Gasteiger partial charge in [-0.3, -0.25) is 0 Å². The van der Waals surface area contributed by atoms with E-state index in [2.05, 4.69) is 38.9 Å². The van der Waals surface area contributed by atoms with Gasteiger partial charge in [0.1, 0.15) is 11.6 Å². The third kappa shape index (κ3) is 5.33. The van der Waals surface area contributed by atoms with Crippen molar-refractivity contribution in [1.29, 1.82) is 0 Å². The molecule has 4 heteroatoms. The molecular formula is C22H27ClFNO. The molecule has 0 radical (unpaired) electrons. The summed E-state index contributed by atoms with van der Waals surface area (Å²) in [7, 11) is 5.73. The molecule has 140 valence electrons. The second kappa shape index (κ2) is 9.20. The van der Waals surface area contributed by atoms with Crippen LogP contribution in [0.25, 0.3) is 6.08 Å². The second-order valence-electron chi connectivity index (χ2n) is 7.04. The Hall–Kier alpha value is -1.84. The molecule has 0 bridgehead atoms. The van der Waals surface area contributed by atoms with Crippen LogP contribution in [0.4, 0.5) is 4.39 Å². The van der Waals surface area contributed by atoms with E-state index >= 15 is 0 Å². The molecule has 2 aromatic carbocycles. The summed E-state index contributed by atoms with van der Waals surface area (Å²) < 4.78 is 19.5. The predicted octanol–water partition coefficient (Wildman–Crippen LogP) is 5.87. The minimum absolute atomic E-state index is 0.0405. The van der Waals surface area contributed by atoms with Gasteiger partial charge in [0.25, 0.3) is 0 Å². The number of ether oxygens (including phenoxy) is 1. The van der Waals surface area contributed by atoms with Crippen molar-refractivity contribution in [2.24, 2.45) is 5.92 Å². The Morgan fingerprint density at radius 1 is 1.19 bits per heavy atom. The molecule has 0 aliphatic rings. The van der Waals surface area contributed by atoms with Gasteiger partial charge in [0.05, 0.1) is 7.11 Å². The number of allylic oxidation sites excluding steroid dienone is 1. The fourth-order valence-electron chi connectivity index (χ4n) is 3.54. The van der Waals surface area contributed by atoms with Crippen molar-refractivity contribution in [3.8, 4) is 5.75 Å². The van der Waals surface area contributed by atoms with Crippen LogP contribution in [-0.4, -0.2) is 32.6 Å². The molecule has 2 unspecified atom stereocenters. The zero-order chi connectivity index (χ0) is 19.3. The first-order chi connectivity index (χ1) is 12.3. The predicted molar refractivity (Wildman–Crippen MR) is 109 cm³/mol. The van der Waals surface area contributed by atoms with Crippen LogP contribution in [0, 0.1) is 11.7 Å². The normalized spacial score (nSPS) is 14.4. The molecular weight excluding hydrogens is 349 g/mol. The minimum atomic E-state index is -0.248. The topological polar surface area (TPSA) is 12.5 Å². The first-order valence-corrected chi connectivity index (χ1v) is 9.11. The highest BCUT2D eigenvalue weighted by molar-refractivity contribution is 6.30. The SMILES string of the molecule is COc1ccc(F)cc1C(C(C)=Cc1ccc(Cl)cc1)C(C)CN(C)C. The first kappa shape index (κ1) is 20.5. The highest BCUT2D eigenvalue weighted by Gasteiger charge is 2.25. The number of halogens is 2. The van der Waals surface area contributed by atoms with E-state index in [-0.39, 0.29) is 17.7 Å². The van der Waals surface area contributed by atoms with Gasteiger partial charge in [0.2, 0.25) is 0 Å².